The van der Waals surface area contributed by atoms with Gasteiger partial charge in [0.2, 0.25) is 5.88 Å². The molecule has 0 spiro atoms. The van der Waals surface area contributed by atoms with Crippen LogP contribution in [0.25, 0.3) is 11.2 Å². The standard InChI is InChI=1S/C13H17N3O5/c1-19-8-21-9(7-17)6-16-12(18)5-14-10-3-4-11(20-2)15-13(10)16/h3-5,9,17H,6-8H2,1-2H3. The number of nitrogens with zero attached hydrogens (tertiary/aromatic N) is 3. The minimum atomic E-state index is -0.582. The van der Waals surface area contributed by atoms with Gasteiger partial charge in [0, 0.05) is 13.2 Å². The van der Waals surface area contributed by atoms with Crippen molar-refractivity contribution in [2.75, 3.05) is 27.6 Å². The Morgan fingerprint density at radius 3 is 2.86 bits per heavy atom. The first-order valence-electron chi connectivity index (χ1n) is 6.31. The lowest BCUT2D eigenvalue weighted by atomic mass is 10.3. The summed E-state index contributed by atoms with van der Waals surface area (Å²) < 4.78 is 16.5. The summed E-state index contributed by atoms with van der Waals surface area (Å²) in [6.07, 6.45) is 0.627. The molecular formula is C13H17N3O5. The summed E-state index contributed by atoms with van der Waals surface area (Å²) in [4.78, 5) is 20.3. The van der Waals surface area contributed by atoms with Crippen molar-refractivity contribution in [2.45, 2.75) is 12.6 Å². The highest BCUT2D eigenvalue weighted by atomic mass is 16.7. The van der Waals surface area contributed by atoms with Crippen molar-refractivity contribution >= 4 is 11.2 Å². The van der Waals surface area contributed by atoms with Crippen LogP contribution < -0.4 is 10.3 Å². The molecule has 21 heavy (non-hydrogen) atoms. The van der Waals surface area contributed by atoms with Crippen molar-refractivity contribution in [3.05, 3.63) is 28.7 Å². The van der Waals surface area contributed by atoms with E-state index in [2.05, 4.69) is 9.97 Å². The summed E-state index contributed by atoms with van der Waals surface area (Å²) in [5, 5.41) is 9.32. The lowest BCUT2D eigenvalue weighted by Crippen LogP contribution is -2.31. The first-order valence-corrected chi connectivity index (χ1v) is 6.31. The summed E-state index contributed by atoms with van der Waals surface area (Å²) >= 11 is 0. The zero-order chi connectivity index (χ0) is 15.2. The lowest BCUT2D eigenvalue weighted by Gasteiger charge is -2.17. The maximum absolute atomic E-state index is 12.0. The van der Waals surface area contributed by atoms with Crippen LogP contribution in [0.15, 0.2) is 23.1 Å². The maximum atomic E-state index is 12.0. The van der Waals surface area contributed by atoms with Gasteiger partial charge in [-0.25, -0.2) is 4.98 Å². The molecule has 2 rings (SSSR count). The molecule has 2 aromatic heterocycles. The molecule has 0 saturated heterocycles. The van der Waals surface area contributed by atoms with E-state index in [4.69, 9.17) is 14.2 Å². The highest BCUT2D eigenvalue weighted by Gasteiger charge is 2.14. The topological polar surface area (TPSA) is 95.7 Å². The molecule has 1 unspecified atom stereocenters. The predicted molar refractivity (Wildman–Crippen MR) is 74.2 cm³/mol. The summed E-state index contributed by atoms with van der Waals surface area (Å²) in [5.41, 5.74) is 0.600. The van der Waals surface area contributed by atoms with E-state index >= 15 is 0 Å². The van der Waals surface area contributed by atoms with E-state index in [1.165, 1.54) is 25.0 Å². The third-order valence-electron chi connectivity index (χ3n) is 2.89. The molecular weight excluding hydrogens is 278 g/mol. The van der Waals surface area contributed by atoms with Crippen LogP contribution in [0.5, 0.6) is 5.88 Å². The van der Waals surface area contributed by atoms with E-state index in [-0.39, 0.29) is 25.5 Å². The van der Waals surface area contributed by atoms with Gasteiger partial charge in [-0.05, 0) is 6.07 Å². The Balaban J connectivity index is 2.40. The predicted octanol–water partition coefficient (Wildman–Crippen LogP) is -0.219. The molecule has 0 fully saturated rings. The highest BCUT2D eigenvalue weighted by Crippen LogP contribution is 2.13. The Morgan fingerprint density at radius 2 is 2.19 bits per heavy atom. The van der Waals surface area contributed by atoms with Crippen molar-refractivity contribution in [3.63, 3.8) is 0 Å². The largest absolute Gasteiger partial charge is 0.481 e. The lowest BCUT2D eigenvalue weighted by molar-refractivity contribution is -0.0918. The normalized spacial score (nSPS) is 12.5. The summed E-state index contributed by atoms with van der Waals surface area (Å²) in [7, 11) is 2.97. The number of rotatable bonds is 7. The van der Waals surface area contributed by atoms with E-state index in [1.807, 2.05) is 0 Å². The molecule has 0 aliphatic carbocycles. The van der Waals surface area contributed by atoms with Gasteiger partial charge < -0.3 is 19.3 Å². The number of methoxy groups -OCH3 is 2. The van der Waals surface area contributed by atoms with Crippen molar-refractivity contribution < 1.29 is 19.3 Å². The van der Waals surface area contributed by atoms with Gasteiger partial charge in [0.1, 0.15) is 18.4 Å². The quantitative estimate of drug-likeness (QED) is 0.705. The average molecular weight is 295 g/mol. The van der Waals surface area contributed by atoms with Gasteiger partial charge in [-0.15, -0.1) is 0 Å². The molecule has 0 saturated carbocycles. The zero-order valence-electron chi connectivity index (χ0n) is 11.9. The van der Waals surface area contributed by atoms with Gasteiger partial charge in [-0.2, -0.15) is 4.98 Å². The van der Waals surface area contributed by atoms with Crippen LogP contribution in [0.2, 0.25) is 0 Å². The van der Waals surface area contributed by atoms with Crippen molar-refractivity contribution in [3.8, 4) is 5.88 Å². The average Bonchev–Trinajstić information content (AvgIpc) is 2.52. The second-order valence-electron chi connectivity index (χ2n) is 4.28. The molecule has 1 atom stereocenters. The zero-order valence-corrected chi connectivity index (χ0v) is 11.9. The van der Waals surface area contributed by atoms with Crippen LogP contribution >= 0.6 is 0 Å². The Bertz CT molecular complexity index is 658. The van der Waals surface area contributed by atoms with E-state index in [9.17, 15) is 9.90 Å². The fourth-order valence-electron chi connectivity index (χ4n) is 1.84. The SMILES string of the molecule is COCOC(CO)Cn1c(=O)cnc2ccc(OC)nc21. The van der Waals surface area contributed by atoms with E-state index in [0.717, 1.165) is 0 Å². The van der Waals surface area contributed by atoms with Crippen LogP contribution in [0.3, 0.4) is 0 Å². The fourth-order valence-corrected chi connectivity index (χ4v) is 1.84. The number of pyridine rings is 1. The molecule has 0 bridgehead atoms. The molecule has 2 aromatic rings. The van der Waals surface area contributed by atoms with Gasteiger partial charge in [0.25, 0.3) is 5.56 Å². The minimum Gasteiger partial charge on any atom is -0.481 e. The molecule has 0 amide bonds. The number of ether oxygens (including phenoxy) is 3. The third-order valence-corrected chi connectivity index (χ3v) is 2.89. The minimum absolute atomic E-state index is 0.0275. The molecule has 0 aliphatic heterocycles. The second-order valence-corrected chi connectivity index (χ2v) is 4.28. The van der Waals surface area contributed by atoms with Gasteiger partial charge >= 0.3 is 0 Å². The van der Waals surface area contributed by atoms with Crippen LogP contribution in [0.4, 0.5) is 0 Å². The van der Waals surface area contributed by atoms with Crippen LogP contribution in [-0.2, 0) is 16.0 Å². The third kappa shape index (κ3) is 3.54. The molecule has 0 aliphatic rings. The van der Waals surface area contributed by atoms with Crippen molar-refractivity contribution in [1.29, 1.82) is 0 Å². The summed E-state index contributed by atoms with van der Waals surface area (Å²) in [6, 6.07) is 3.37. The molecule has 8 nitrogen and oxygen atoms in total. The summed E-state index contributed by atoms with van der Waals surface area (Å²) in [6.45, 7) is -0.0821. The fraction of sp³-hybridized carbons (Fsp3) is 0.462. The molecule has 114 valence electrons. The molecule has 2 heterocycles. The van der Waals surface area contributed by atoms with E-state index in [0.29, 0.717) is 17.0 Å². The van der Waals surface area contributed by atoms with Crippen LogP contribution in [0.1, 0.15) is 0 Å². The Morgan fingerprint density at radius 1 is 1.38 bits per heavy atom. The van der Waals surface area contributed by atoms with Gasteiger partial charge in [0.05, 0.1) is 26.5 Å². The first-order chi connectivity index (χ1) is 10.2. The van der Waals surface area contributed by atoms with Gasteiger partial charge in [-0.1, -0.05) is 0 Å². The van der Waals surface area contributed by atoms with Crippen LogP contribution in [-0.4, -0.2) is 53.4 Å². The number of hydrogen-bond acceptors (Lipinski definition) is 7. The van der Waals surface area contributed by atoms with Gasteiger partial charge in [0.15, 0.2) is 5.65 Å². The van der Waals surface area contributed by atoms with E-state index in [1.54, 1.807) is 12.1 Å². The maximum Gasteiger partial charge on any atom is 0.270 e. The molecule has 0 aromatic carbocycles. The van der Waals surface area contributed by atoms with E-state index < -0.39 is 6.10 Å². The first kappa shape index (κ1) is 15.4. The second kappa shape index (κ2) is 7.11. The monoisotopic (exact) mass is 295 g/mol. The smallest absolute Gasteiger partial charge is 0.270 e. The number of aliphatic hydroxyl groups excluding tert-OH is 1. The van der Waals surface area contributed by atoms with Crippen molar-refractivity contribution in [2.24, 2.45) is 0 Å². The molecule has 0 radical (unpaired) electrons. The van der Waals surface area contributed by atoms with Crippen molar-refractivity contribution in [1.82, 2.24) is 14.5 Å². The number of aromatic nitrogens is 3. The summed E-state index contributed by atoms with van der Waals surface area (Å²) in [5.74, 6) is 0.377. The number of aliphatic hydroxyl groups is 1. The Hall–Kier alpha value is -2.03. The Kier molecular flexibility index (Phi) is 5.20. The van der Waals surface area contributed by atoms with Crippen LogP contribution in [0, 0.1) is 0 Å². The number of fused-ring (bicyclic) bond motifs is 1. The number of hydrogen-bond donors (Lipinski definition) is 1. The van der Waals surface area contributed by atoms with Gasteiger partial charge in [-0.3, -0.25) is 9.36 Å². The molecule has 8 heteroatoms. The Labute approximate surface area is 120 Å². The molecule has 1 N–H and O–H groups in total. The highest BCUT2D eigenvalue weighted by molar-refractivity contribution is 5.70.